The lowest BCUT2D eigenvalue weighted by Crippen LogP contribution is -2.38. The molecule has 2 aliphatic carbocycles. The first-order valence-electron chi connectivity index (χ1n) is 10.4. The van der Waals surface area contributed by atoms with Crippen LogP contribution in [0, 0.1) is 5.92 Å². The van der Waals surface area contributed by atoms with Crippen molar-refractivity contribution in [2.45, 2.75) is 38.5 Å². The van der Waals surface area contributed by atoms with Crippen molar-refractivity contribution in [2.75, 3.05) is 36.5 Å². The molecule has 6 heteroatoms. The number of anilines is 2. The second kappa shape index (κ2) is 7.51. The van der Waals surface area contributed by atoms with Gasteiger partial charge in [0, 0.05) is 36.6 Å². The predicted molar refractivity (Wildman–Crippen MR) is 108 cm³/mol. The van der Waals surface area contributed by atoms with Gasteiger partial charge in [-0.25, -0.2) is 9.97 Å². The van der Waals surface area contributed by atoms with Crippen molar-refractivity contribution in [3.05, 3.63) is 46.8 Å². The molecule has 2 aromatic rings. The second-order valence-electron chi connectivity index (χ2n) is 8.01. The summed E-state index contributed by atoms with van der Waals surface area (Å²) in [5, 5.41) is 3.13. The Balaban J connectivity index is 1.25. The molecule has 0 radical (unpaired) electrons. The molecule has 1 saturated heterocycles. The number of amides is 1. The monoisotopic (exact) mass is 378 g/mol. The van der Waals surface area contributed by atoms with Crippen molar-refractivity contribution >= 4 is 17.5 Å². The Morgan fingerprint density at radius 2 is 1.96 bits per heavy atom. The first-order chi connectivity index (χ1) is 13.8. The van der Waals surface area contributed by atoms with Gasteiger partial charge < -0.3 is 15.0 Å². The highest BCUT2D eigenvalue weighted by Gasteiger charge is 2.27. The van der Waals surface area contributed by atoms with Crippen molar-refractivity contribution < 1.29 is 9.53 Å². The molecule has 1 aliphatic heterocycles. The highest BCUT2D eigenvalue weighted by Crippen LogP contribution is 2.28. The van der Waals surface area contributed by atoms with Crippen LogP contribution in [0.15, 0.2) is 24.4 Å². The van der Waals surface area contributed by atoms with Gasteiger partial charge >= 0.3 is 0 Å². The Labute approximate surface area is 165 Å². The van der Waals surface area contributed by atoms with Gasteiger partial charge in [0.15, 0.2) is 0 Å². The van der Waals surface area contributed by atoms with Crippen LogP contribution in [0.2, 0.25) is 0 Å². The highest BCUT2D eigenvalue weighted by molar-refractivity contribution is 5.93. The maximum Gasteiger partial charge on any atom is 0.227 e. The molecule has 3 aliphatic rings. The van der Waals surface area contributed by atoms with Crippen LogP contribution in [0.4, 0.5) is 11.6 Å². The molecule has 2 heterocycles. The van der Waals surface area contributed by atoms with E-state index in [2.05, 4.69) is 27.3 Å². The van der Waals surface area contributed by atoms with Crippen LogP contribution in [0.3, 0.4) is 0 Å². The second-order valence-corrected chi connectivity index (χ2v) is 8.01. The molecule has 0 saturated carbocycles. The van der Waals surface area contributed by atoms with E-state index in [1.54, 1.807) is 0 Å². The molecule has 1 aromatic heterocycles. The summed E-state index contributed by atoms with van der Waals surface area (Å²) in [7, 11) is 0. The minimum atomic E-state index is -0.0152. The lowest BCUT2D eigenvalue weighted by Gasteiger charge is -2.28. The summed E-state index contributed by atoms with van der Waals surface area (Å²) in [6.45, 7) is 3.13. The summed E-state index contributed by atoms with van der Waals surface area (Å²) in [4.78, 5) is 24.3. The van der Waals surface area contributed by atoms with E-state index in [-0.39, 0.29) is 11.8 Å². The summed E-state index contributed by atoms with van der Waals surface area (Å²) in [6.07, 6.45) is 7.81. The third kappa shape index (κ3) is 3.49. The zero-order valence-electron chi connectivity index (χ0n) is 16.1. The largest absolute Gasteiger partial charge is 0.378 e. The van der Waals surface area contributed by atoms with Crippen LogP contribution >= 0.6 is 0 Å². The number of nitrogens with zero attached hydrogens (tertiary/aromatic N) is 3. The van der Waals surface area contributed by atoms with Gasteiger partial charge in [0.05, 0.1) is 13.2 Å². The number of benzene rings is 1. The molecule has 1 fully saturated rings. The zero-order valence-corrected chi connectivity index (χ0v) is 16.1. The van der Waals surface area contributed by atoms with Crippen LogP contribution < -0.4 is 10.2 Å². The summed E-state index contributed by atoms with van der Waals surface area (Å²) in [6, 6.07) is 6.35. The van der Waals surface area contributed by atoms with E-state index in [1.165, 1.54) is 17.5 Å². The molecule has 6 nitrogen and oxygen atoms in total. The Morgan fingerprint density at radius 1 is 1.11 bits per heavy atom. The van der Waals surface area contributed by atoms with Crippen LogP contribution in [0.1, 0.15) is 35.2 Å². The Hall–Kier alpha value is -2.47. The maximum atomic E-state index is 12.8. The van der Waals surface area contributed by atoms with E-state index in [4.69, 9.17) is 9.72 Å². The number of hydrogen-bond donors (Lipinski definition) is 1. The lowest BCUT2D eigenvalue weighted by atomic mass is 9.86. The SMILES string of the molecule is O=C(Nc1ccc2c(c1)CCC2)C1CCc2nc(N3CCOCC3)ncc2C1. The van der Waals surface area contributed by atoms with Crippen molar-refractivity contribution in [1.82, 2.24) is 9.97 Å². The fraction of sp³-hybridized carbons (Fsp3) is 0.500. The zero-order chi connectivity index (χ0) is 18.9. The number of morpholine rings is 1. The smallest absolute Gasteiger partial charge is 0.227 e. The Bertz CT molecular complexity index is 892. The summed E-state index contributed by atoms with van der Waals surface area (Å²) >= 11 is 0. The van der Waals surface area contributed by atoms with Gasteiger partial charge in [0.25, 0.3) is 0 Å². The molecule has 146 valence electrons. The molecular formula is C22H26N4O2. The first kappa shape index (κ1) is 17.6. The Kier molecular flexibility index (Phi) is 4.72. The third-order valence-corrected chi connectivity index (χ3v) is 6.17. The quantitative estimate of drug-likeness (QED) is 0.889. The van der Waals surface area contributed by atoms with E-state index in [9.17, 15) is 4.79 Å². The molecule has 1 atom stereocenters. The number of carbonyl (C=O) groups is 1. The van der Waals surface area contributed by atoms with Crippen molar-refractivity contribution in [3.63, 3.8) is 0 Å². The molecule has 1 amide bonds. The number of rotatable bonds is 3. The van der Waals surface area contributed by atoms with Crippen LogP contribution in [0.5, 0.6) is 0 Å². The Morgan fingerprint density at radius 3 is 2.86 bits per heavy atom. The summed E-state index contributed by atoms with van der Waals surface area (Å²) < 4.78 is 5.41. The predicted octanol–water partition coefficient (Wildman–Crippen LogP) is 2.55. The average Bonchev–Trinajstić information content (AvgIpc) is 3.21. The minimum absolute atomic E-state index is 0.0152. The number of aryl methyl sites for hydroxylation is 3. The molecular weight excluding hydrogens is 352 g/mol. The van der Waals surface area contributed by atoms with Crippen LogP contribution in [-0.2, 0) is 35.2 Å². The van der Waals surface area contributed by atoms with Gasteiger partial charge in [0.2, 0.25) is 11.9 Å². The van der Waals surface area contributed by atoms with Crippen molar-refractivity contribution in [3.8, 4) is 0 Å². The lowest BCUT2D eigenvalue weighted by molar-refractivity contribution is -0.120. The molecule has 28 heavy (non-hydrogen) atoms. The van der Waals surface area contributed by atoms with Crippen molar-refractivity contribution in [2.24, 2.45) is 5.92 Å². The summed E-state index contributed by atoms with van der Waals surface area (Å²) in [5.41, 5.74) is 5.94. The number of ether oxygens (including phenoxy) is 1. The number of nitrogens with one attached hydrogen (secondary N) is 1. The maximum absolute atomic E-state index is 12.8. The molecule has 0 spiro atoms. The highest BCUT2D eigenvalue weighted by atomic mass is 16.5. The van der Waals surface area contributed by atoms with E-state index < -0.39 is 0 Å². The van der Waals surface area contributed by atoms with Gasteiger partial charge in [-0.2, -0.15) is 0 Å². The van der Waals surface area contributed by atoms with Crippen LogP contribution in [0.25, 0.3) is 0 Å². The fourth-order valence-corrected chi connectivity index (χ4v) is 4.53. The number of hydrogen-bond acceptors (Lipinski definition) is 5. The normalized spacial score (nSPS) is 21.1. The van der Waals surface area contributed by atoms with Crippen molar-refractivity contribution in [1.29, 1.82) is 0 Å². The molecule has 1 unspecified atom stereocenters. The topological polar surface area (TPSA) is 67.4 Å². The van der Waals surface area contributed by atoms with Gasteiger partial charge in [-0.1, -0.05) is 6.07 Å². The minimum Gasteiger partial charge on any atom is -0.378 e. The van der Waals surface area contributed by atoms with E-state index >= 15 is 0 Å². The van der Waals surface area contributed by atoms with E-state index in [0.717, 1.165) is 81.3 Å². The number of fused-ring (bicyclic) bond motifs is 2. The average molecular weight is 378 g/mol. The summed E-state index contributed by atoms with van der Waals surface area (Å²) in [5.74, 6) is 0.891. The standard InChI is InChI=1S/C22H26N4O2/c27-21(24-19-6-4-15-2-1-3-16(15)13-19)17-5-7-20-18(12-17)14-23-22(25-20)26-8-10-28-11-9-26/h4,6,13-14,17H,1-3,5,7-12H2,(H,24,27). The van der Waals surface area contributed by atoms with Gasteiger partial charge in [-0.15, -0.1) is 0 Å². The first-order valence-corrected chi connectivity index (χ1v) is 10.4. The molecule has 0 bridgehead atoms. The molecule has 5 rings (SSSR count). The van der Waals surface area contributed by atoms with Gasteiger partial charge in [-0.05, 0) is 67.3 Å². The van der Waals surface area contributed by atoms with E-state index in [1.807, 2.05) is 12.3 Å². The number of carbonyl (C=O) groups excluding carboxylic acids is 1. The number of aromatic nitrogens is 2. The third-order valence-electron chi connectivity index (χ3n) is 6.17. The van der Waals surface area contributed by atoms with E-state index in [0.29, 0.717) is 0 Å². The van der Waals surface area contributed by atoms with Crippen LogP contribution in [-0.4, -0.2) is 42.2 Å². The van der Waals surface area contributed by atoms with Gasteiger partial charge in [-0.3, -0.25) is 4.79 Å². The molecule has 1 aromatic carbocycles. The van der Waals surface area contributed by atoms with Gasteiger partial charge in [0.1, 0.15) is 0 Å². The molecule has 1 N–H and O–H groups in total. The fourth-order valence-electron chi connectivity index (χ4n) is 4.53.